The molecule has 0 saturated carbocycles. The normalized spacial score (nSPS) is 17.9. The number of hydrogen-bond acceptors (Lipinski definition) is 3. The molecule has 0 spiro atoms. The van der Waals surface area contributed by atoms with Crippen LogP contribution in [-0.4, -0.2) is 27.4 Å². The molecule has 0 amide bonds. The largest absolute Gasteiger partial charge is 0.390 e. The van der Waals surface area contributed by atoms with Gasteiger partial charge >= 0.3 is 0 Å². The molecule has 4 heteroatoms. The zero-order chi connectivity index (χ0) is 12.4. The van der Waals surface area contributed by atoms with Crippen molar-refractivity contribution in [3.63, 3.8) is 0 Å². The number of hydrogen-bond donors (Lipinski definition) is 2. The second-order valence-electron chi connectivity index (χ2n) is 4.29. The average Bonchev–Trinajstić information content (AvgIpc) is 2.71. The Bertz CT molecular complexity index is 431. The van der Waals surface area contributed by atoms with Crippen LogP contribution in [0.5, 0.6) is 0 Å². The molecule has 3 nitrogen and oxygen atoms in total. The van der Waals surface area contributed by atoms with Crippen molar-refractivity contribution in [1.82, 2.24) is 0 Å². The van der Waals surface area contributed by atoms with Crippen molar-refractivity contribution < 1.29 is 15.0 Å². The molecule has 1 aliphatic rings. The Morgan fingerprint density at radius 2 is 2.06 bits per heavy atom. The van der Waals surface area contributed by atoms with Gasteiger partial charge in [0.2, 0.25) is 0 Å². The Morgan fingerprint density at radius 1 is 1.29 bits per heavy atom. The number of halogens is 1. The van der Waals surface area contributed by atoms with Gasteiger partial charge in [-0.1, -0.05) is 34.1 Å². The van der Waals surface area contributed by atoms with E-state index in [0.29, 0.717) is 35.7 Å². The van der Waals surface area contributed by atoms with Crippen LogP contribution >= 0.6 is 15.9 Å². The number of aliphatic hydroxyl groups is 2. The van der Waals surface area contributed by atoms with Crippen LogP contribution in [0.4, 0.5) is 0 Å². The number of aliphatic hydroxyl groups excluding tert-OH is 2. The molecule has 1 aliphatic carbocycles. The molecule has 0 saturated heterocycles. The molecule has 0 bridgehead atoms. The third-order valence-corrected chi connectivity index (χ3v) is 3.66. The molecule has 92 valence electrons. The van der Waals surface area contributed by atoms with Crippen LogP contribution in [0.1, 0.15) is 40.4 Å². The van der Waals surface area contributed by atoms with Gasteiger partial charge in [0.1, 0.15) is 6.10 Å². The van der Waals surface area contributed by atoms with Crippen LogP contribution in [0.3, 0.4) is 0 Å². The number of fused-ring (bicyclic) bond motifs is 1. The number of carbonyl (C=O) groups excluding carboxylic acids is 1. The summed E-state index contributed by atoms with van der Waals surface area (Å²) in [6.07, 6.45) is -0.0422. The van der Waals surface area contributed by atoms with Crippen LogP contribution < -0.4 is 0 Å². The average molecular weight is 299 g/mol. The lowest BCUT2D eigenvalue weighted by molar-refractivity contribution is 0.0169. The molecule has 1 aromatic rings. The Labute approximate surface area is 109 Å². The lowest BCUT2D eigenvalue weighted by Gasteiger charge is -2.19. The Kier molecular flexibility index (Phi) is 3.97. The van der Waals surface area contributed by atoms with E-state index in [0.717, 1.165) is 5.56 Å². The maximum absolute atomic E-state index is 11.6. The summed E-state index contributed by atoms with van der Waals surface area (Å²) in [5, 5.41) is 20.5. The molecule has 0 heterocycles. The Balaban J connectivity index is 2.31. The van der Waals surface area contributed by atoms with Crippen LogP contribution in [-0.2, 0) is 6.42 Å². The molecule has 1 aromatic carbocycles. The molecule has 2 unspecified atom stereocenters. The number of benzene rings is 1. The van der Waals surface area contributed by atoms with E-state index in [4.69, 9.17) is 0 Å². The molecule has 0 fully saturated rings. The maximum Gasteiger partial charge on any atom is 0.163 e. The van der Waals surface area contributed by atoms with E-state index in [9.17, 15) is 15.0 Å². The van der Waals surface area contributed by atoms with Crippen LogP contribution in [0, 0.1) is 0 Å². The number of Topliss-reactive ketones (excluding diaryl/α,β-unsaturated/α-hetero) is 1. The van der Waals surface area contributed by atoms with Crippen molar-refractivity contribution in [1.29, 1.82) is 0 Å². The highest BCUT2D eigenvalue weighted by Crippen LogP contribution is 2.31. The molecular formula is C13H15BrO3. The summed E-state index contributed by atoms with van der Waals surface area (Å²) < 4.78 is 0. The Hall–Kier alpha value is -0.710. The zero-order valence-corrected chi connectivity index (χ0v) is 11.0. The first-order chi connectivity index (χ1) is 8.15. The van der Waals surface area contributed by atoms with Gasteiger partial charge in [-0.15, -0.1) is 0 Å². The van der Waals surface area contributed by atoms with E-state index in [1.54, 1.807) is 18.2 Å². The van der Waals surface area contributed by atoms with Crippen molar-refractivity contribution in [3.8, 4) is 0 Å². The fraction of sp³-hybridized carbons (Fsp3) is 0.462. The second-order valence-corrected chi connectivity index (χ2v) is 5.08. The number of carbonyl (C=O) groups is 1. The summed E-state index contributed by atoms with van der Waals surface area (Å²) in [5.41, 5.74) is 2.30. The van der Waals surface area contributed by atoms with E-state index >= 15 is 0 Å². The SMILES string of the molecule is O=C1CCc2c1cccc2C(O)C(O)CCBr. The van der Waals surface area contributed by atoms with E-state index in [1.807, 2.05) is 0 Å². The first-order valence-corrected chi connectivity index (χ1v) is 6.84. The standard InChI is InChI=1S/C13H15BrO3/c14-7-6-12(16)13(17)10-3-1-2-9-8(10)4-5-11(9)15/h1-3,12-13,16-17H,4-7H2. The molecule has 2 atom stereocenters. The van der Waals surface area contributed by atoms with Gasteiger partial charge in [-0.2, -0.15) is 0 Å². The van der Waals surface area contributed by atoms with Crippen molar-refractivity contribution >= 4 is 21.7 Å². The third kappa shape index (κ3) is 2.44. The summed E-state index contributed by atoms with van der Waals surface area (Å²) >= 11 is 3.24. The minimum absolute atomic E-state index is 0.129. The number of rotatable bonds is 4. The topological polar surface area (TPSA) is 57.5 Å². The fourth-order valence-electron chi connectivity index (χ4n) is 2.27. The summed E-state index contributed by atoms with van der Waals surface area (Å²) in [4.78, 5) is 11.6. The van der Waals surface area contributed by atoms with Crippen LogP contribution in [0.2, 0.25) is 0 Å². The summed E-state index contributed by atoms with van der Waals surface area (Å²) in [5.74, 6) is 0.129. The zero-order valence-electron chi connectivity index (χ0n) is 9.40. The van der Waals surface area contributed by atoms with Gasteiger partial charge in [-0.3, -0.25) is 4.79 Å². The van der Waals surface area contributed by atoms with Crippen LogP contribution in [0.25, 0.3) is 0 Å². The highest BCUT2D eigenvalue weighted by atomic mass is 79.9. The molecule has 0 aromatic heterocycles. The van der Waals surface area contributed by atoms with Gasteiger partial charge in [0.25, 0.3) is 0 Å². The van der Waals surface area contributed by atoms with E-state index < -0.39 is 12.2 Å². The van der Waals surface area contributed by atoms with Gasteiger partial charge in [0.05, 0.1) is 6.10 Å². The maximum atomic E-state index is 11.6. The van der Waals surface area contributed by atoms with Gasteiger partial charge in [0, 0.05) is 17.3 Å². The fourth-order valence-corrected chi connectivity index (χ4v) is 2.74. The van der Waals surface area contributed by atoms with E-state index in [-0.39, 0.29) is 5.78 Å². The monoisotopic (exact) mass is 298 g/mol. The predicted octanol–water partition coefficient (Wildman–Crippen LogP) is 1.99. The van der Waals surface area contributed by atoms with Gasteiger partial charge < -0.3 is 10.2 Å². The number of alkyl halides is 1. The van der Waals surface area contributed by atoms with E-state index in [1.165, 1.54) is 0 Å². The first-order valence-electron chi connectivity index (χ1n) is 5.72. The lowest BCUT2D eigenvalue weighted by atomic mass is 9.95. The smallest absolute Gasteiger partial charge is 0.163 e. The molecule has 0 aliphatic heterocycles. The minimum atomic E-state index is -0.909. The minimum Gasteiger partial charge on any atom is -0.390 e. The second kappa shape index (κ2) is 5.29. The highest BCUT2D eigenvalue weighted by Gasteiger charge is 2.27. The molecule has 2 N–H and O–H groups in total. The lowest BCUT2D eigenvalue weighted by Crippen LogP contribution is -2.20. The molecular weight excluding hydrogens is 284 g/mol. The van der Waals surface area contributed by atoms with Gasteiger partial charge in [-0.05, 0) is 24.0 Å². The van der Waals surface area contributed by atoms with Crippen molar-refractivity contribution in [2.24, 2.45) is 0 Å². The highest BCUT2D eigenvalue weighted by molar-refractivity contribution is 9.09. The van der Waals surface area contributed by atoms with Crippen LogP contribution in [0.15, 0.2) is 18.2 Å². The quantitative estimate of drug-likeness (QED) is 0.836. The van der Waals surface area contributed by atoms with Gasteiger partial charge in [0.15, 0.2) is 5.78 Å². The summed E-state index contributed by atoms with van der Waals surface area (Å²) in [6, 6.07) is 5.35. The van der Waals surface area contributed by atoms with Crippen molar-refractivity contribution in [2.75, 3.05) is 5.33 Å². The molecule has 2 rings (SSSR count). The van der Waals surface area contributed by atoms with Crippen molar-refractivity contribution in [2.45, 2.75) is 31.5 Å². The first kappa shape index (κ1) is 12.7. The Morgan fingerprint density at radius 3 is 2.76 bits per heavy atom. The summed E-state index contributed by atoms with van der Waals surface area (Å²) in [6.45, 7) is 0. The van der Waals surface area contributed by atoms with Crippen molar-refractivity contribution in [3.05, 3.63) is 34.9 Å². The molecule has 0 radical (unpaired) electrons. The van der Waals surface area contributed by atoms with E-state index in [2.05, 4.69) is 15.9 Å². The summed E-state index contributed by atoms with van der Waals surface area (Å²) in [7, 11) is 0. The number of ketones is 1. The predicted molar refractivity (Wildman–Crippen MR) is 68.5 cm³/mol. The third-order valence-electron chi connectivity index (χ3n) is 3.20. The molecule has 17 heavy (non-hydrogen) atoms. The van der Waals surface area contributed by atoms with Gasteiger partial charge in [-0.25, -0.2) is 0 Å².